The Balaban J connectivity index is 2.27. The monoisotopic (exact) mass is 487 g/mol. The van der Waals surface area contributed by atoms with Gasteiger partial charge in [0.25, 0.3) is 0 Å². The van der Waals surface area contributed by atoms with Gasteiger partial charge >= 0.3 is 12.1 Å². The van der Waals surface area contributed by atoms with Gasteiger partial charge in [0.05, 0.1) is 21.3 Å². The summed E-state index contributed by atoms with van der Waals surface area (Å²) in [5.41, 5.74) is -2.34. The lowest BCUT2D eigenvalue weighted by atomic mass is 10.00. The molecule has 1 aromatic heterocycles. The Bertz CT molecular complexity index is 1270. The lowest BCUT2D eigenvalue weighted by Crippen LogP contribution is -2.23. The van der Waals surface area contributed by atoms with E-state index in [2.05, 4.69) is 0 Å². The van der Waals surface area contributed by atoms with Crippen molar-refractivity contribution in [2.75, 3.05) is 0 Å². The molecule has 1 N–H and O–H groups in total. The van der Waals surface area contributed by atoms with Crippen molar-refractivity contribution in [3.8, 4) is 11.3 Å². The molecule has 0 aliphatic carbocycles. The highest BCUT2D eigenvalue weighted by Crippen LogP contribution is 2.33. The van der Waals surface area contributed by atoms with Crippen LogP contribution in [-0.4, -0.2) is 15.6 Å². The molecule has 0 bridgehead atoms. The van der Waals surface area contributed by atoms with Gasteiger partial charge in [-0.1, -0.05) is 29.3 Å². The first-order valence-electron chi connectivity index (χ1n) is 9.25. The Hall–Kier alpha value is -2.84. The second kappa shape index (κ2) is 8.96. The van der Waals surface area contributed by atoms with E-state index in [4.69, 9.17) is 23.2 Å². The van der Waals surface area contributed by atoms with Crippen molar-refractivity contribution in [2.45, 2.75) is 26.1 Å². The fraction of sp³-hybridized carbons (Fsp3) is 0.182. The highest BCUT2D eigenvalue weighted by atomic mass is 35.5. The third kappa shape index (κ3) is 4.66. The molecule has 2 aromatic carbocycles. The van der Waals surface area contributed by atoms with Crippen LogP contribution >= 0.6 is 23.2 Å². The van der Waals surface area contributed by atoms with E-state index in [0.717, 1.165) is 6.07 Å². The van der Waals surface area contributed by atoms with Crippen LogP contribution in [0.1, 0.15) is 34.1 Å². The molecule has 32 heavy (non-hydrogen) atoms. The van der Waals surface area contributed by atoms with E-state index in [1.807, 2.05) is 0 Å². The van der Waals surface area contributed by atoms with Crippen LogP contribution in [-0.2, 0) is 19.1 Å². The largest absolute Gasteiger partial charge is 0.477 e. The number of benzene rings is 2. The van der Waals surface area contributed by atoms with E-state index in [9.17, 15) is 32.3 Å². The summed E-state index contributed by atoms with van der Waals surface area (Å²) >= 11 is 12.0. The van der Waals surface area contributed by atoms with Gasteiger partial charge in [0.2, 0.25) is 0 Å². The van der Waals surface area contributed by atoms with E-state index >= 15 is 0 Å². The Morgan fingerprint density at radius 2 is 1.75 bits per heavy atom. The number of alkyl halides is 3. The van der Waals surface area contributed by atoms with E-state index in [-0.39, 0.29) is 45.5 Å². The summed E-state index contributed by atoms with van der Waals surface area (Å²) in [6.45, 7) is 1.80. The molecule has 1 heterocycles. The van der Waals surface area contributed by atoms with Crippen LogP contribution in [0.4, 0.5) is 17.6 Å². The zero-order valence-corrected chi connectivity index (χ0v) is 17.9. The van der Waals surface area contributed by atoms with Gasteiger partial charge in [-0.15, -0.1) is 0 Å². The van der Waals surface area contributed by atoms with E-state index < -0.39 is 34.5 Å². The molecule has 10 heteroatoms. The maximum atomic E-state index is 14.3. The SMILES string of the molecule is CCn1c(Cc2cc(C(F)(F)F)ccc2F)cc(=O)c(C(=O)O)c1-c1ccc(Cl)c(Cl)c1. The Morgan fingerprint density at radius 1 is 1.06 bits per heavy atom. The van der Waals surface area contributed by atoms with Gasteiger partial charge in [-0.3, -0.25) is 4.79 Å². The first kappa shape index (κ1) is 23.8. The summed E-state index contributed by atoms with van der Waals surface area (Å²) < 4.78 is 55.0. The normalized spacial score (nSPS) is 11.6. The minimum Gasteiger partial charge on any atom is -0.477 e. The molecule has 3 aromatic rings. The standard InChI is InChI=1S/C22H15Cl2F4NO3/c1-2-29-14(8-12-7-13(22(26,27)28)4-6-17(12)25)10-18(30)19(21(31)32)20(29)11-3-5-15(23)16(24)9-11/h3-7,9-10H,2,8H2,1H3,(H,31,32). The summed E-state index contributed by atoms with van der Waals surface area (Å²) in [6, 6.07) is 7.27. The average molecular weight is 488 g/mol. The molecule has 0 spiro atoms. The van der Waals surface area contributed by atoms with Crippen LogP contribution in [0, 0.1) is 5.82 Å². The highest BCUT2D eigenvalue weighted by Gasteiger charge is 2.31. The molecular weight excluding hydrogens is 473 g/mol. The van der Waals surface area contributed by atoms with Crippen LogP contribution < -0.4 is 5.43 Å². The number of aromatic nitrogens is 1. The van der Waals surface area contributed by atoms with E-state index in [0.29, 0.717) is 18.2 Å². The van der Waals surface area contributed by atoms with Crippen molar-refractivity contribution in [1.82, 2.24) is 4.57 Å². The van der Waals surface area contributed by atoms with Gasteiger partial charge in [0.1, 0.15) is 11.4 Å². The van der Waals surface area contributed by atoms with Crippen LogP contribution in [0.15, 0.2) is 47.3 Å². The average Bonchev–Trinajstić information content (AvgIpc) is 2.70. The van der Waals surface area contributed by atoms with Crippen molar-refractivity contribution < 1.29 is 27.5 Å². The van der Waals surface area contributed by atoms with Crippen LogP contribution in [0.3, 0.4) is 0 Å². The topological polar surface area (TPSA) is 59.3 Å². The van der Waals surface area contributed by atoms with Gasteiger partial charge in [-0.2, -0.15) is 13.2 Å². The van der Waals surface area contributed by atoms with Crippen molar-refractivity contribution in [3.63, 3.8) is 0 Å². The highest BCUT2D eigenvalue weighted by molar-refractivity contribution is 6.42. The third-order valence-corrected chi connectivity index (χ3v) is 5.60. The summed E-state index contributed by atoms with van der Waals surface area (Å²) in [4.78, 5) is 24.5. The fourth-order valence-electron chi connectivity index (χ4n) is 3.44. The lowest BCUT2D eigenvalue weighted by Gasteiger charge is -2.20. The summed E-state index contributed by atoms with van der Waals surface area (Å²) in [6.07, 6.45) is -5.04. The number of hydrogen-bond acceptors (Lipinski definition) is 2. The second-order valence-corrected chi connectivity index (χ2v) is 7.70. The number of aromatic carboxylic acids is 1. The summed E-state index contributed by atoms with van der Waals surface area (Å²) in [5, 5.41) is 9.97. The molecule has 3 rings (SSSR count). The summed E-state index contributed by atoms with van der Waals surface area (Å²) in [5.74, 6) is -2.37. The molecule has 0 aliphatic rings. The second-order valence-electron chi connectivity index (χ2n) is 6.88. The first-order chi connectivity index (χ1) is 14.9. The maximum Gasteiger partial charge on any atom is 0.416 e. The van der Waals surface area contributed by atoms with Crippen LogP contribution in [0.25, 0.3) is 11.3 Å². The number of halogens is 6. The fourth-order valence-corrected chi connectivity index (χ4v) is 3.73. The number of carboxylic acids is 1. The maximum absolute atomic E-state index is 14.3. The molecule has 0 radical (unpaired) electrons. The van der Waals surface area contributed by atoms with Gasteiger partial charge in [-0.25, -0.2) is 9.18 Å². The van der Waals surface area contributed by atoms with Gasteiger partial charge in [0, 0.05) is 30.3 Å². The smallest absolute Gasteiger partial charge is 0.416 e. The lowest BCUT2D eigenvalue weighted by molar-refractivity contribution is -0.137. The third-order valence-electron chi connectivity index (χ3n) is 4.87. The minimum absolute atomic E-state index is 0.00606. The molecule has 0 saturated heterocycles. The van der Waals surface area contributed by atoms with Crippen molar-refractivity contribution in [1.29, 1.82) is 0 Å². The van der Waals surface area contributed by atoms with Crippen LogP contribution in [0.5, 0.6) is 0 Å². The number of nitrogens with zero attached hydrogens (tertiary/aromatic N) is 1. The Morgan fingerprint density at radius 3 is 2.31 bits per heavy atom. The first-order valence-corrected chi connectivity index (χ1v) is 10.0. The van der Waals surface area contributed by atoms with Crippen molar-refractivity contribution in [3.05, 3.63) is 90.9 Å². The van der Waals surface area contributed by atoms with Crippen LogP contribution in [0.2, 0.25) is 10.0 Å². The molecule has 0 fully saturated rings. The predicted molar refractivity (Wildman–Crippen MR) is 113 cm³/mol. The predicted octanol–water partition coefficient (Wildman–Crippen LogP) is 6.29. The zero-order chi connectivity index (χ0) is 23.8. The Kier molecular flexibility index (Phi) is 6.67. The minimum atomic E-state index is -4.68. The molecule has 168 valence electrons. The van der Waals surface area contributed by atoms with E-state index in [1.54, 1.807) is 6.92 Å². The quantitative estimate of drug-likeness (QED) is 0.430. The van der Waals surface area contributed by atoms with Gasteiger partial charge < -0.3 is 9.67 Å². The molecule has 0 aliphatic heterocycles. The van der Waals surface area contributed by atoms with Crippen molar-refractivity contribution in [2.24, 2.45) is 0 Å². The molecule has 0 atom stereocenters. The number of carbonyl (C=O) groups is 1. The zero-order valence-electron chi connectivity index (χ0n) is 16.4. The van der Waals surface area contributed by atoms with Gasteiger partial charge in [-0.05, 0) is 42.8 Å². The molecule has 0 amide bonds. The van der Waals surface area contributed by atoms with Crippen molar-refractivity contribution >= 4 is 29.2 Å². The van der Waals surface area contributed by atoms with Gasteiger partial charge in [0.15, 0.2) is 5.43 Å². The number of hydrogen-bond donors (Lipinski definition) is 1. The molecule has 0 saturated carbocycles. The van der Waals surface area contributed by atoms with E-state index in [1.165, 1.54) is 22.8 Å². The number of carboxylic acid groups (broad SMARTS) is 1. The number of rotatable bonds is 5. The molecular formula is C22H15Cl2F4NO3. The number of pyridine rings is 1. The molecule has 4 nitrogen and oxygen atoms in total. The molecule has 0 unspecified atom stereocenters. The summed E-state index contributed by atoms with van der Waals surface area (Å²) in [7, 11) is 0. The Labute approximate surface area is 189 Å².